The summed E-state index contributed by atoms with van der Waals surface area (Å²) in [5.41, 5.74) is 0.795. The number of likely N-dealkylation sites (tertiary alicyclic amines) is 1. The van der Waals surface area contributed by atoms with Crippen LogP contribution < -0.4 is 5.32 Å². The molecule has 1 fully saturated rings. The molecule has 2 atom stereocenters. The quantitative estimate of drug-likeness (QED) is 0.817. The Bertz CT molecular complexity index is 427. The van der Waals surface area contributed by atoms with Gasteiger partial charge in [-0.15, -0.1) is 0 Å². The van der Waals surface area contributed by atoms with E-state index < -0.39 is 0 Å². The number of nitrogens with one attached hydrogen (secondary N) is 1. The van der Waals surface area contributed by atoms with Crippen LogP contribution >= 0.6 is 0 Å². The largest absolute Gasteiger partial charge is 0.308 e. The molecule has 0 amide bonds. The lowest BCUT2D eigenvalue weighted by Crippen LogP contribution is -2.45. The van der Waals surface area contributed by atoms with Gasteiger partial charge in [-0.25, -0.2) is 4.39 Å². The van der Waals surface area contributed by atoms with Crippen LogP contribution in [-0.4, -0.2) is 30.6 Å². The Morgan fingerprint density at radius 3 is 2.43 bits per heavy atom. The van der Waals surface area contributed by atoms with Crippen molar-refractivity contribution in [3.05, 3.63) is 35.6 Å². The first-order valence-corrected chi connectivity index (χ1v) is 8.35. The normalized spacial score (nSPS) is 19.1. The standard InChI is InChI=1S/C18H29FN2/c1-4-17(15-9-5-6-10-16(15)19)20-13-18(14(2)3)21-11-7-8-12-21/h5-6,9-10,14,17-18,20H,4,7-8,11-13H2,1-3H3. The highest BCUT2D eigenvalue weighted by Gasteiger charge is 2.25. The molecule has 2 unspecified atom stereocenters. The Morgan fingerprint density at radius 2 is 1.86 bits per heavy atom. The fourth-order valence-electron chi connectivity index (χ4n) is 3.35. The van der Waals surface area contributed by atoms with Gasteiger partial charge in [-0.2, -0.15) is 0 Å². The molecule has 1 aromatic rings. The summed E-state index contributed by atoms with van der Waals surface area (Å²) >= 11 is 0. The Kier molecular flexibility index (Phi) is 6.19. The van der Waals surface area contributed by atoms with E-state index in [1.54, 1.807) is 12.1 Å². The summed E-state index contributed by atoms with van der Waals surface area (Å²) in [4.78, 5) is 2.59. The van der Waals surface area contributed by atoms with Gasteiger partial charge >= 0.3 is 0 Å². The van der Waals surface area contributed by atoms with Crippen LogP contribution in [0.3, 0.4) is 0 Å². The van der Waals surface area contributed by atoms with Gasteiger partial charge in [0.25, 0.3) is 0 Å². The minimum Gasteiger partial charge on any atom is -0.308 e. The smallest absolute Gasteiger partial charge is 0.127 e. The third kappa shape index (κ3) is 4.27. The Morgan fingerprint density at radius 1 is 1.19 bits per heavy atom. The van der Waals surface area contributed by atoms with Crippen molar-refractivity contribution in [2.45, 2.75) is 52.1 Å². The minimum atomic E-state index is -0.0980. The van der Waals surface area contributed by atoms with Crippen molar-refractivity contribution in [3.63, 3.8) is 0 Å². The van der Waals surface area contributed by atoms with E-state index in [2.05, 4.69) is 31.0 Å². The van der Waals surface area contributed by atoms with E-state index in [-0.39, 0.29) is 11.9 Å². The molecule has 0 aromatic heterocycles. The monoisotopic (exact) mass is 292 g/mol. The van der Waals surface area contributed by atoms with E-state index in [9.17, 15) is 4.39 Å². The molecule has 0 bridgehead atoms. The van der Waals surface area contributed by atoms with Gasteiger partial charge in [-0.05, 0) is 44.3 Å². The lowest BCUT2D eigenvalue weighted by Gasteiger charge is -2.32. The van der Waals surface area contributed by atoms with E-state index in [4.69, 9.17) is 0 Å². The van der Waals surface area contributed by atoms with Gasteiger partial charge in [-0.1, -0.05) is 39.0 Å². The highest BCUT2D eigenvalue weighted by molar-refractivity contribution is 5.21. The Hall–Kier alpha value is -0.930. The van der Waals surface area contributed by atoms with E-state index >= 15 is 0 Å². The number of benzene rings is 1. The topological polar surface area (TPSA) is 15.3 Å². The maximum atomic E-state index is 14.0. The highest BCUT2D eigenvalue weighted by Crippen LogP contribution is 2.22. The molecule has 1 aromatic carbocycles. The minimum absolute atomic E-state index is 0.0980. The van der Waals surface area contributed by atoms with Crippen molar-refractivity contribution >= 4 is 0 Å². The average Bonchev–Trinajstić information content (AvgIpc) is 2.98. The zero-order valence-corrected chi connectivity index (χ0v) is 13.6. The molecule has 3 heteroatoms. The van der Waals surface area contributed by atoms with Crippen LogP contribution in [0.5, 0.6) is 0 Å². The van der Waals surface area contributed by atoms with Crippen LogP contribution in [0.15, 0.2) is 24.3 Å². The number of nitrogens with zero attached hydrogens (tertiary/aromatic N) is 1. The van der Waals surface area contributed by atoms with Crippen molar-refractivity contribution in [2.24, 2.45) is 5.92 Å². The molecular formula is C18H29FN2. The second kappa shape index (κ2) is 7.90. The third-order valence-electron chi connectivity index (χ3n) is 4.64. The molecule has 0 aliphatic carbocycles. The van der Waals surface area contributed by atoms with Gasteiger partial charge in [0, 0.05) is 24.2 Å². The van der Waals surface area contributed by atoms with Crippen molar-refractivity contribution in [1.82, 2.24) is 10.2 Å². The summed E-state index contributed by atoms with van der Waals surface area (Å²) in [6.45, 7) is 10.0. The summed E-state index contributed by atoms with van der Waals surface area (Å²) in [5.74, 6) is 0.521. The second-order valence-electron chi connectivity index (χ2n) is 6.45. The molecule has 0 radical (unpaired) electrons. The van der Waals surface area contributed by atoms with Crippen LogP contribution in [0.2, 0.25) is 0 Å². The van der Waals surface area contributed by atoms with Crippen LogP contribution in [0.25, 0.3) is 0 Å². The number of hydrogen-bond donors (Lipinski definition) is 1. The summed E-state index contributed by atoms with van der Waals surface area (Å²) < 4.78 is 14.0. The van der Waals surface area contributed by atoms with Gasteiger partial charge in [-0.3, -0.25) is 4.90 Å². The zero-order valence-electron chi connectivity index (χ0n) is 13.6. The fourth-order valence-corrected chi connectivity index (χ4v) is 3.35. The van der Waals surface area contributed by atoms with Crippen molar-refractivity contribution < 1.29 is 4.39 Å². The van der Waals surface area contributed by atoms with Crippen LogP contribution in [0.1, 0.15) is 51.6 Å². The average molecular weight is 292 g/mol. The number of halogens is 1. The summed E-state index contributed by atoms with van der Waals surface area (Å²) in [6, 6.07) is 7.79. The lowest BCUT2D eigenvalue weighted by molar-refractivity contribution is 0.181. The van der Waals surface area contributed by atoms with E-state index in [1.165, 1.54) is 25.9 Å². The predicted octanol–water partition coefficient (Wildman–Crippen LogP) is 3.99. The summed E-state index contributed by atoms with van der Waals surface area (Å²) in [5, 5.41) is 3.60. The van der Waals surface area contributed by atoms with Crippen molar-refractivity contribution in [3.8, 4) is 0 Å². The van der Waals surface area contributed by atoms with Gasteiger partial charge in [0.2, 0.25) is 0 Å². The molecule has 118 valence electrons. The molecule has 21 heavy (non-hydrogen) atoms. The molecule has 1 saturated heterocycles. The van der Waals surface area contributed by atoms with Crippen LogP contribution in [-0.2, 0) is 0 Å². The van der Waals surface area contributed by atoms with E-state index in [0.717, 1.165) is 18.5 Å². The van der Waals surface area contributed by atoms with Crippen molar-refractivity contribution in [1.29, 1.82) is 0 Å². The Labute approximate surface area is 128 Å². The first kappa shape index (κ1) is 16.4. The third-order valence-corrected chi connectivity index (χ3v) is 4.64. The zero-order chi connectivity index (χ0) is 15.2. The molecular weight excluding hydrogens is 263 g/mol. The molecule has 1 aliphatic rings. The molecule has 1 aliphatic heterocycles. The number of rotatable bonds is 7. The predicted molar refractivity (Wildman–Crippen MR) is 86.9 cm³/mol. The second-order valence-corrected chi connectivity index (χ2v) is 6.45. The van der Waals surface area contributed by atoms with Crippen LogP contribution in [0, 0.1) is 11.7 Å². The van der Waals surface area contributed by atoms with Gasteiger partial charge in [0.1, 0.15) is 5.82 Å². The molecule has 1 heterocycles. The lowest BCUT2D eigenvalue weighted by atomic mass is 10.00. The maximum absolute atomic E-state index is 14.0. The van der Waals surface area contributed by atoms with Gasteiger partial charge in [0.15, 0.2) is 0 Å². The summed E-state index contributed by atoms with van der Waals surface area (Å²) in [6.07, 6.45) is 3.53. The fraction of sp³-hybridized carbons (Fsp3) is 0.667. The molecule has 1 N–H and O–H groups in total. The van der Waals surface area contributed by atoms with Crippen molar-refractivity contribution in [2.75, 3.05) is 19.6 Å². The highest BCUT2D eigenvalue weighted by atomic mass is 19.1. The molecule has 0 spiro atoms. The SMILES string of the molecule is CCC(NCC(C(C)C)N1CCCC1)c1ccccc1F. The van der Waals surface area contributed by atoms with Gasteiger partial charge in [0.05, 0.1) is 0 Å². The first-order valence-electron chi connectivity index (χ1n) is 8.35. The van der Waals surface area contributed by atoms with Gasteiger partial charge < -0.3 is 5.32 Å². The van der Waals surface area contributed by atoms with Crippen LogP contribution in [0.4, 0.5) is 4.39 Å². The maximum Gasteiger partial charge on any atom is 0.127 e. The summed E-state index contributed by atoms with van der Waals surface area (Å²) in [7, 11) is 0. The molecule has 0 saturated carbocycles. The number of hydrogen-bond acceptors (Lipinski definition) is 2. The molecule has 2 rings (SSSR count). The van der Waals surface area contributed by atoms with E-state index in [0.29, 0.717) is 12.0 Å². The molecule has 2 nitrogen and oxygen atoms in total. The van der Waals surface area contributed by atoms with E-state index in [1.807, 2.05) is 12.1 Å². The Balaban J connectivity index is 1.99. The first-order chi connectivity index (χ1) is 10.1.